The van der Waals surface area contributed by atoms with Crippen LogP contribution in [0.4, 0.5) is 20.2 Å². The Hall–Kier alpha value is -5.36. The third kappa shape index (κ3) is 8.82. The van der Waals surface area contributed by atoms with Crippen LogP contribution in [-0.2, 0) is 22.2 Å². The molecule has 0 heterocycles. The Bertz CT molecular complexity index is 1650. The number of benzene rings is 4. The van der Waals surface area contributed by atoms with Crippen LogP contribution in [0.15, 0.2) is 91.0 Å². The molecule has 0 unspecified atom stereocenters. The predicted octanol–water partition coefficient (Wildman–Crippen LogP) is 7.78. The lowest BCUT2D eigenvalue weighted by Gasteiger charge is -2.18. The molecule has 0 aromatic heterocycles. The number of ether oxygens (including phenoxy) is 3. The maximum atomic E-state index is 14.8. The summed E-state index contributed by atoms with van der Waals surface area (Å²) < 4.78 is 45.5. The minimum atomic E-state index is -3.57. The summed E-state index contributed by atoms with van der Waals surface area (Å²) in [5.74, 6) is -0.157. The minimum Gasteiger partial charge on any atom is -0.494 e. The smallest absolute Gasteiger partial charge is 0.426 e. The van der Waals surface area contributed by atoms with E-state index in [2.05, 4.69) is 6.07 Å². The third-order valence-electron chi connectivity index (χ3n) is 6.72. The Morgan fingerprint density at radius 2 is 1.55 bits per heavy atom. The molecule has 4 aromatic rings. The van der Waals surface area contributed by atoms with Crippen molar-refractivity contribution in [3.8, 4) is 28.7 Å². The van der Waals surface area contributed by atoms with Gasteiger partial charge in [0.15, 0.2) is 0 Å². The Morgan fingerprint density at radius 3 is 2.23 bits per heavy atom. The Morgan fingerprint density at radius 1 is 0.886 bits per heavy atom. The summed E-state index contributed by atoms with van der Waals surface area (Å²) in [6.07, 6.45) is 1.09. The summed E-state index contributed by atoms with van der Waals surface area (Å²) in [7, 11) is 0. The predicted molar refractivity (Wildman–Crippen MR) is 167 cm³/mol. The number of hydrogen-bond donors (Lipinski definition) is 2. The molecule has 0 fully saturated rings. The fourth-order valence-electron chi connectivity index (χ4n) is 4.44. The van der Waals surface area contributed by atoms with Crippen molar-refractivity contribution in [2.75, 3.05) is 18.1 Å². The summed E-state index contributed by atoms with van der Waals surface area (Å²) in [4.78, 5) is 12.5. The van der Waals surface area contributed by atoms with Gasteiger partial charge in [-0.25, -0.2) is 4.79 Å². The number of esters is 1. The number of nitriles is 1. The molecular weight excluding hydrogens is 564 g/mol. The van der Waals surface area contributed by atoms with Gasteiger partial charge < -0.3 is 25.7 Å². The quantitative estimate of drug-likeness (QED) is 0.0699. The number of nitrogens with zero attached hydrogens (tertiary/aromatic N) is 1. The van der Waals surface area contributed by atoms with E-state index in [4.69, 9.17) is 30.9 Å². The van der Waals surface area contributed by atoms with Crippen LogP contribution in [-0.4, -0.2) is 12.6 Å². The van der Waals surface area contributed by atoms with Crippen LogP contribution >= 0.6 is 0 Å². The van der Waals surface area contributed by atoms with Crippen LogP contribution in [0, 0.1) is 18.3 Å². The highest BCUT2D eigenvalue weighted by molar-refractivity contribution is 5.87. The number of halogens is 2. The molecule has 0 aliphatic rings. The molecule has 0 atom stereocenters. The van der Waals surface area contributed by atoms with E-state index in [-0.39, 0.29) is 17.9 Å². The lowest BCUT2D eigenvalue weighted by atomic mass is 9.95. The van der Waals surface area contributed by atoms with Crippen molar-refractivity contribution in [2.45, 2.75) is 38.9 Å². The number of nitrogen functional groups attached to an aromatic ring is 2. The Kier molecular flexibility index (Phi) is 10.5. The highest BCUT2D eigenvalue weighted by atomic mass is 19.3. The average Bonchev–Trinajstić information content (AvgIpc) is 3.00. The van der Waals surface area contributed by atoms with Gasteiger partial charge in [0, 0.05) is 23.9 Å². The van der Waals surface area contributed by atoms with E-state index in [9.17, 15) is 13.6 Å². The van der Waals surface area contributed by atoms with Gasteiger partial charge in [-0.2, -0.15) is 14.0 Å². The first-order valence-corrected chi connectivity index (χ1v) is 14.0. The second-order valence-corrected chi connectivity index (χ2v) is 10.1. The number of rotatable bonds is 13. The fraction of sp³-hybridized carbons (Fsp3) is 0.200. The van der Waals surface area contributed by atoms with Crippen LogP contribution in [0.25, 0.3) is 17.2 Å². The first kappa shape index (κ1) is 31.6. The number of alkyl halides is 2. The molecule has 4 aromatic carbocycles. The van der Waals surface area contributed by atoms with Gasteiger partial charge in [0.1, 0.15) is 18.1 Å². The summed E-state index contributed by atoms with van der Waals surface area (Å²) >= 11 is 0. The maximum absolute atomic E-state index is 14.8. The average molecular weight is 598 g/mol. The zero-order valence-corrected chi connectivity index (χ0v) is 24.3. The van der Waals surface area contributed by atoms with Gasteiger partial charge in [0.25, 0.3) is 0 Å². The molecule has 9 heteroatoms. The van der Waals surface area contributed by atoms with Gasteiger partial charge in [0.2, 0.25) is 0 Å². The molecule has 44 heavy (non-hydrogen) atoms. The van der Waals surface area contributed by atoms with Crippen molar-refractivity contribution in [2.24, 2.45) is 0 Å². The normalized spacial score (nSPS) is 11.2. The molecule has 226 valence electrons. The van der Waals surface area contributed by atoms with Gasteiger partial charge in [0.05, 0.1) is 18.2 Å². The summed E-state index contributed by atoms with van der Waals surface area (Å²) in [6, 6.07) is 24.4. The van der Waals surface area contributed by atoms with E-state index in [1.54, 1.807) is 24.3 Å². The van der Waals surface area contributed by atoms with E-state index >= 15 is 0 Å². The second kappa shape index (κ2) is 14.7. The summed E-state index contributed by atoms with van der Waals surface area (Å²) in [5.41, 5.74) is 16.9. The molecule has 0 spiro atoms. The van der Waals surface area contributed by atoms with Gasteiger partial charge >= 0.3 is 12.1 Å². The molecule has 0 aliphatic heterocycles. The second-order valence-electron chi connectivity index (χ2n) is 10.1. The van der Waals surface area contributed by atoms with Gasteiger partial charge in [-0.3, -0.25) is 0 Å². The SMILES string of the molecule is Cc1cc(N)ccc1-c1ccc(N)cc1COC(=O)/C=C/c1ccc(OC(F)(F)c2ccc(OCCCCC#N)cc2)cc1. The van der Waals surface area contributed by atoms with Crippen molar-refractivity contribution in [1.29, 1.82) is 5.26 Å². The van der Waals surface area contributed by atoms with Crippen molar-refractivity contribution < 1.29 is 27.8 Å². The third-order valence-corrected chi connectivity index (χ3v) is 6.72. The van der Waals surface area contributed by atoms with Crippen LogP contribution in [0.3, 0.4) is 0 Å². The molecule has 0 aliphatic carbocycles. The minimum absolute atomic E-state index is 0.00463. The van der Waals surface area contributed by atoms with E-state index in [0.29, 0.717) is 42.1 Å². The monoisotopic (exact) mass is 597 g/mol. The number of carbonyl (C=O) groups is 1. The van der Waals surface area contributed by atoms with E-state index < -0.39 is 12.1 Å². The van der Waals surface area contributed by atoms with E-state index in [0.717, 1.165) is 28.7 Å². The number of aryl methyl sites for hydroxylation is 1. The van der Waals surface area contributed by atoms with Crippen molar-refractivity contribution in [3.63, 3.8) is 0 Å². The first-order valence-electron chi connectivity index (χ1n) is 14.0. The van der Waals surface area contributed by atoms with Crippen LogP contribution in [0.2, 0.25) is 0 Å². The van der Waals surface area contributed by atoms with Crippen LogP contribution in [0.5, 0.6) is 11.5 Å². The fourth-order valence-corrected chi connectivity index (χ4v) is 4.44. The molecular formula is C35H33F2N3O4. The van der Waals surface area contributed by atoms with Crippen molar-refractivity contribution in [3.05, 3.63) is 113 Å². The van der Waals surface area contributed by atoms with E-state index in [1.165, 1.54) is 48.6 Å². The number of hydrogen-bond acceptors (Lipinski definition) is 7. The maximum Gasteiger partial charge on any atom is 0.426 e. The number of unbranched alkanes of at least 4 members (excludes halogenated alkanes) is 2. The van der Waals surface area contributed by atoms with Crippen LogP contribution < -0.4 is 20.9 Å². The summed E-state index contributed by atoms with van der Waals surface area (Å²) in [6.45, 7) is 2.36. The zero-order valence-electron chi connectivity index (χ0n) is 24.3. The van der Waals surface area contributed by atoms with E-state index in [1.807, 2.05) is 31.2 Å². The lowest BCUT2D eigenvalue weighted by Crippen LogP contribution is -2.21. The molecule has 0 saturated carbocycles. The highest BCUT2D eigenvalue weighted by Gasteiger charge is 2.34. The lowest BCUT2D eigenvalue weighted by molar-refractivity contribution is -0.185. The molecule has 4 rings (SSSR count). The standard InChI is InChI=1S/C35H33F2N3O4/c1-24-21-28(39)10-16-32(24)33-17-11-29(40)22-26(33)23-43-34(41)18-7-25-5-12-31(13-6-25)44-35(36,37)27-8-14-30(15-9-27)42-20-4-2-3-19-38/h5-18,21-22H,2-4,20,23,39-40H2,1H3/b18-7+. The van der Waals surface area contributed by atoms with Crippen LogP contribution in [0.1, 0.15) is 41.5 Å². The molecule has 7 nitrogen and oxygen atoms in total. The van der Waals surface area contributed by atoms with Gasteiger partial charge in [-0.15, -0.1) is 0 Å². The van der Waals surface area contributed by atoms with Gasteiger partial charge in [-0.1, -0.05) is 24.3 Å². The molecule has 0 saturated heterocycles. The van der Waals surface area contributed by atoms with Crippen molar-refractivity contribution >= 4 is 23.4 Å². The van der Waals surface area contributed by atoms with Gasteiger partial charge in [-0.05, 0) is 114 Å². The zero-order chi connectivity index (χ0) is 31.5. The number of anilines is 2. The Balaban J connectivity index is 1.31. The topological polar surface area (TPSA) is 121 Å². The number of carbonyl (C=O) groups excluding carboxylic acids is 1. The molecule has 4 N–H and O–H groups in total. The molecule has 0 amide bonds. The number of nitrogens with two attached hydrogens (primary N) is 2. The Labute approximate surface area is 255 Å². The van der Waals surface area contributed by atoms with Crippen molar-refractivity contribution in [1.82, 2.24) is 0 Å². The highest BCUT2D eigenvalue weighted by Crippen LogP contribution is 2.33. The summed E-state index contributed by atoms with van der Waals surface area (Å²) in [5, 5.41) is 8.56. The first-order chi connectivity index (χ1) is 21.1. The molecule has 0 radical (unpaired) electrons. The largest absolute Gasteiger partial charge is 0.494 e. The molecule has 0 bridgehead atoms.